The molecule has 0 atom stereocenters. The summed E-state index contributed by atoms with van der Waals surface area (Å²) in [5.41, 5.74) is 3.48. The second-order valence-electron chi connectivity index (χ2n) is 7.76. The van der Waals surface area contributed by atoms with E-state index in [1.54, 1.807) is 18.4 Å². The number of thiophene rings is 1. The van der Waals surface area contributed by atoms with Crippen molar-refractivity contribution >= 4 is 17.0 Å². The molecule has 32 heavy (non-hydrogen) atoms. The number of nitrogens with zero attached hydrogens (tertiary/aromatic N) is 7. The van der Waals surface area contributed by atoms with Crippen LogP contribution in [0.2, 0.25) is 0 Å². The fraction of sp³-hybridized carbons (Fsp3) is 0.364. The maximum Gasteiger partial charge on any atom is 0.195 e. The highest BCUT2D eigenvalue weighted by Crippen LogP contribution is 2.29. The van der Waals surface area contributed by atoms with Crippen molar-refractivity contribution in [1.29, 1.82) is 0 Å². The molecule has 0 radical (unpaired) electrons. The first-order valence-corrected chi connectivity index (χ1v) is 11.6. The Kier molecular flexibility index (Phi) is 6.13. The Balaban J connectivity index is 1.23. The molecule has 1 aliphatic rings. The molecule has 5 rings (SSSR count). The minimum atomic E-state index is 0.506. The van der Waals surface area contributed by atoms with Crippen molar-refractivity contribution in [1.82, 2.24) is 35.3 Å². The Labute approximate surface area is 190 Å². The van der Waals surface area contributed by atoms with Gasteiger partial charge >= 0.3 is 0 Å². The van der Waals surface area contributed by atoms with Crippen LogP contribution in [-0.2, 0) is 13.0 Å². The molecule has 0 aliphatic carbocycles. The highest BCUT2D eigenvalue weighted by Gasteiger charge is 2.20. The van der Waals surface area contributed by atoms with Crippen LogP contribution >= 0.6 is 11.3 Å². The summed E-state index contributed by atoms with van der Waals surface area (Å²) in [5, 5.41) is 21.2. The number of hydrogen-bond donors (Lipinski definition) is 1. The Morgan fingerprint density at radius 2 is 1.97 bits per heavy atom. The van der Waals surface area contributed by atoms with Gasteiger partial charge in [-0.25, -0.2) is 0 Å². The average Bonchev–Trinajstić information content (AvgIpc) is 3.60. The number of benzene rings is 1. The van der Waals surface area contributed by atoms with Crippen LogP contribution in [0.25, 0.3) is 10.6 Å². The Bertz CT molecular complexity index is 1120. The number of aromatic nitrogens is 6. The topological polar surface area (TPSA) is 88.0 Å². The second kappa shape index (κ2) is 9.49. The van der Waals surface area contributed by atoms with Crippen LogP contribution in [0.3, 0.4) is 0 Å². The van der Waals surface area contributed by atoms with Crippen LogP contribution < -0.4 is 9.64 Å². The van der Waals surface area contributed by atoms with Gasteiger partial charge in [0.1, 0.15) is 18.0 Å². The molecule has 10 heteroatoms. The minimum Gasteiger partial charge on any atom is -0.495 e. The maximum atomic E-state index is 5.54. The lowest BCUT2D eigenvalue weighted by atomic mass is 10.1. The van der Waals surface area contributed by atoms with E-state index < -0.39 is 0 Å². The van der Waals surface area contributed by atoms with E-state index >= 15 is 0 Å². The Morgan fingerprint density at radius 1 is 1.09 bits per heavy atom. The summed E-state index contributed by atoms with van der Waals surface area (Å²) in [5.74, 6) is 1.57. The lowest BCUT2D eigenvalue weighted by molar-refractivity contribution is 0.260. The lowest BCUT2D eigenvalue weighted by Gasteiger charge is -2.36. The van der Waals surface area contributed by atoms with Crippen molar-refractivity contribution in [2.75, 3.05) is 44.7 Å². The first kappa shape index (κ1) is 20.7. The number of tetrazole rings is 1. The highest BCUT2D eigenvalue weighted by molar-refractivity contribution is 7.13. The van der Waals surface area contributed by atoms with Crippen LogP contribution in [0.4, 0.5) is 5.69 Å². The van der Waals surface area contributed by atoms with E-state index in [-0.39, 0.29) is 0 Å². The number of anilines is 1. The van der Waals surface area contributed by atoms with Crippen LogP contribution in [-0.4, -0.2) is 75.1 Å². The van der Waals surface area contributed by atoms with Crippen molar-refractivity contribution in [3.05, 3.63) is 59.4 Å². The summed E-state index contributed by atoms with van der Waals surface area (Å²) in [4.78, 5) is 6.13. The quantitative estimate of drug-likeness (QED) is 0.441. The van der Waals surface area contributed by atoms with E-state index in [0.717, 1.165) is 50.6 Å². The Hall–Kier alpha value is -3.24. The zero-order valence-corrected chi connectivity index (χ0v) is 18.8. The predicted molar refractivity (Wildman–Crippen MR) is 124 cm³/mol. The molecule has 4 heterocycles. The summed E-state index contributed by atoms with van der Waals surface area (Å²) < 4.78 is 7.45. The van der Waals surface area contributed by atoms with Crippen LogP contribution in [0.5, 0.6) is 5.75 Å². The summed E-state index contributed by atoms with van der Waals surface area (Å²) in [6.45, 7) is 5.57. The van der Waals surface area contributed by atoms with Gasteiger partial charge in [0.05, 0.1) is 17.7 Å². The number of para-hydroxylation sites is 2. The third-order valence-corrected chi connectivity index (χ3v) is 6.66. The van der Waals surface area contributed by atoms with Crippen LogP contribution in [0, 0.1) is 0 Å². The molecule has 1 aliphatic heterocycles. The lowest BCUT2D eigenvalue weighted by Crippen LogP contribution is -2.47. The number of H-pyrrole nitrogens is 1. The molecule has 1 saturated heterocycles. The van der Waals surface area contributed by atoms with Gasteiger partial charge in [0.2, 0.25) is 0 Å². The molecule has 166 valence electrons. The zero-order valence-electron chi connectivity index (χ0n) is 18.0. The smallest absolute Gasteiger partial charge is 0.195 e. The molecule has 9 nitrogen and oxygen atoms in total. The van der Waals surface area contributed by atoms with E-state index in [1.807, 2.05) is 16.8 Å². The van der Waals surface area contributed by atoms with E-state index in [1.165, 1.54) is 16.1 Å². The number of rotatable bonds is 8. The summed E-state index contributed by atoms with van der Waals surface area (Å²) in [7, 11) is 1.74. The van der Waals surface area contributed by atoms with Gasteiger partial charge in [-0.2, -0.15) is 10.3 Å². The van der Waals surface area contributed by atoms with Crippen molar-refractivity contribution in [2.24, 2.45) is 0 Å². The molecule has 0 saturated carbocycles. The van der Waals surface area contributed by atoms with Gasteiger partial charge in [-0.3, -0.25) is 9.58 Å². The SMILES string of the molecule is COc1ccccc1N1CCN(CCc2cn(Cc3nn[nH]n3)nc2-c2cccs2)CC1. The number of ether oxygens (including phenoxy) is 1. The van der Waals surface area contributed by atoms with Crippen molar-refractivity contribution in [3.8, 4) is 16.3 Å². The van der Waals surface area contributed by atoms with E-state index in [2.05, 4.69) is 66.3 Å². The number of piperazine rings is 1. The van der Waals surface area contributed by atoms with E-state index in [4.69, 9.17) is 9.84 Å². The first-order chi connectivity index (χ1) is 15.8. The van der Waals surface area contributed by atoms with E-state index in [9.17, 15) is 0 Å². The maximum absolute atomic E-state index is 5.54. The van der Waals surface area contributed by atoms with Gasteiger partial charge in [-0.1, -0.05) is 23.4 Å². The molecule has 0 amide bonds. The Morgan fingerprint density at radius 3 is 2.72 bits per heavy atom. The molecule has 1 fully saturated rings. The summed E-state index contributed by atoms with van der Waals surface area (Å²) in [6, 6.07) is 12.4. The molecule has 1 aromatic carbocycles. The molecule has 0 spiro atoms. The average molecular weight is 451 g/mol. The van der Waals surface area contributed by atoms with Crippen molar-refractivity contribution < 1.29 is 4.74 Å². The van der Waals surface area contributed by atoms with Gasteiger partial charge < -0.3 is 9.64 Å². The second-order valence-corrected chi connectivity index (χ2v) is 8.70. The fourth-order valence-electron chi connectivity index (χ4n) is 4.12. The van der Waals surface area contributed by atoms with Crippen molar-refractivity contribution in [3.63, 3.8) is 0 Å². The summed E-state index contributed by atoms with van der Waals surface area (Å²) in [6.07, 6.45) is 3.07. The molecular weight excluding hydrogens is 424 g/mol. The fourth-order valence-corrected chi connectivity index (χ4v) is 4.87. The molecule has 0 bridgehead atoms. The predicted octanol–water partition coefficient (Wildman–Crippen LogP) is 2.55. The van der Waals surface area contributed by atoms with Gasteiger partial charge in [-0.05, 0) is 30.0 Å². The number of hydrogen-bond acceptors (Lipinski definition) is 8. The molecule has 3 aromatic heterocycles. The van der Waals surface area contributed by atoms with Crippen molar-refractivity contribution in [2.45, 2.75) is 13.0 Å². The third-order valence-electron chi connectivity index (χ3n) is 5.78. The number of aromatic amines is 1. The normalized spacial score (nSPS) is 14.7. The first-order valence-electron chi connectivity index (χ1n) is 10.7. The molecular formula is C22H26N8OS. The molecule has 0 unspecified atom stereocenters. The monoisotopic (exact) mass is 450 g/mol. The van der Waals surface area contributed by atoms with E-state index in [0.29, 0.717) is 12.4 Å². The van der Waals surface area contributed by atoms with Crippen LogP contribution in [0.15, 0.2) is 48.0 Å². The van der Waals surface area contributed by atoms with Gasteiger partial charge in [0.15, 0.2) is 5.82 Å². The molecule has 1 N–H and O–H groups in total. The van der Waals surface area contributed by atoms with Gasteiger partial charge in [0.25, 0.3) is 0 Å². The number of nitrogens with one attached hydrogen (secondary N) is 1. The van der Waals surface area contributed by atoms with Gasteiger partial charge in [-0.15, -0.1) is 21.5 Å². The van der Waals surface area contributed by atoms with Gasteiger partial charge in [0, 0.05) is 44.5 Å². The highest BCUT2D eigenvalue weighted by atomic mass is 32.1. The largest absolute Gasteiger partial charge is 0.495 e. The standard InChI is InChI=1S/C22H26N8OS/c1-31-19-6-3-2-5-18(19)29-12-10-28(11-13-29)9-8-17-15-30(16-21-23-26-27-24-21)25-22(17)20-7-4-14-32-20/h2-7,14-15H,8-13,16H2,1H3,(H,23,24,26,27). The minimum absolute atomic E-state index is 0.506. The molecule has 4 aromatic rings. The zero-order chi connectivity index (χ0) is 21.8. The number of methoxy groups -OCH3 is 1. The third kappa shape index (κ3) is 4.51. The van der Waals surface area contributed by atoms with Crippen LogP contribution in [0.1, 0.15) is 11.4 Å². The summed E-state index contributed by atoms with van der Waals surface area (Å²) >= 11 is 1.72.